The molecule has 0 aliphatic heterocycles. The van der Waals surface area contributed by atoms with Gasteiger partial charge in [-0.1, -0.05) is 32.6 Å². The number of carboxylic acids is 1. The minimum Gasteiger partial charge on any atom is -0.480 e. The minimum atomic E-state index is -4.47. The van der Waals surface area contributed by atoms with Gasteiger partial charge in [0, 0.05) is 5.56 Å². The third-order valence-electron chi connectivity index (χ3n) is 3.42. The number of rotatable bonds is 8. The summed E-state index contributed by atoms with van der Waals surface area (Å²) in [7, 11) is 0. The van der Waals surface area contributed by atoms with Crippen molar-refractivity contribution in [1.29, 1.82) is 0 Å². The van der Waals surface area contributed by atoms with E-state index >= 15 is 0 Å². The lowest BCUT2D eigenvalue weighted by Gasteiger charge is -2.15. The third-order valence-corrected chi connectivity index (χ3v) is 3.42. The predicted molar refractivity (Wildman–Crippen MR) is 79.1 cm³/mol. The van der Waals surface area contributed by atoms with Gasteiger partial charge in [0.15, 0.2) is 0 Å². The number of unbranched alkanes of at least 4 members (excludes halogenated alkanes) is 3. The molecule has 0 spiro atoms. The summed E-state index contributed by atoms with van der Waals surface area (Å²) in [5.41, 5.74) is -0.860. The number of carbonyl (C=O) groups is 2. The van der Waals surface area contributed by atoms with Crippen molar-refractivity contribution in [3.05, 3.63) is 35.4 Å². The smallest absolute Gasteiger partial charge is 0.416 e. The molecule has 0 aliphatic rings. The summed E-state index contributed by atoms with van der Waals surface area (Å²) in [4.78, 5) is 23.1. The number of aliphatic carboxylic acids is 1. The van der Waals surface area contributed by atoms with Crippen LogP contribution in [0.25, 0.3) is 0 Å². The van der Waals surface area contributed by atoms with E-state index in [1.807, 2.05) is 6.92 Å². The Hall–Kier alpha value is -2.05. The molecule has 0 saturated heterocycles. The lowest BCUT2D eigenvalue weighted by Crippen LogP contribution is -2.40. The standard InChI is InChI=1S/C16H20F3NO3/c1-2-3-4-5-6-13(15(22)23)20-14(21)11-7-9-12(10-8-11)16(17,18)19/h7-10,13H,2-6H2,1H3,(H,20,21)(H,22,23)/t13-/m1/s1. The van der Waals surface area contributed by atoms with Gasteiger partial charge in [-0.25, -0.2) is 4.79 Å². The molecule has 128 valence electrons. The minimum absolute atomic E-state index is 0.00203. The summed E-state index contributed by atoms with van der Waals surface area (Å²) in [6.07, 6.45) is -0.650. The molecule has 0 unspecified atom stereocenters. The second kappa shape index (κ2) is 8.55. The third kappa shape index (κ3) is 6.30. The molecule has 1 rings (SSSR count). The Morgan fingerprint density at radius 2 is 1.74 bits per heavy atom. The van der Waals surface area contributed by atoms with Crippen LogP contribution in [-0.2, 0) is 11.0 Å². The largest absolute Gasteiger partial charge is 0.480 e. The van der Waals surface area contributed by atoms with Crippen molar-refractivity contribution in [2.75, 3.05) is 0 Å². The van der Waals surface area contributed by atoms with Gasteiger partial charge >= 0.3 is 12.1 Å². The Morgan fingerprint density at radius 1 is 1.13 bits per heavy atom. The van der Waals surface area contributed by atoms with Gasteiger partial charge in [0.1, 0.15) is 6.04 Å². The van der Waals surface area contributed by atoms with Gasteiger partial charge < -0.3 is 10.4 Å². The molecule has 0 radical (unpaired) electrons. The van der Waals surface area contributed by atoms with Crippen LogP contribution in [0.15, 0.2) is 24.3 Å². The quantitative estimate of drug-likeness (QED) is 0.711. The van der Waals surface area contributed by atoms with E-state index in [2.05, 4.69) is 5.32 Å². The maximum absolute atomic E-state index is 12.5. The van der Waals surface area contributed by atoms with Crippen molar-refractivity contribution in [3.63, 3.8) is 0 Å². The highest BCUT2D eigenvalue weighted by Gasteiger charge is 2.30. The first-order chi connectivity index (χ1) is 10.8. The van der Waals surface area contributed by atoms with E-state index in [1.54, 1.807) is 0 Å². The first-order valence-corrected chi connectivity index (χ1v) is 7.46. The van der Waals surface area contributed by atoms with Crippen molar-refractivity contribution in [2.24, 2.45) is 0 Å². The summed E-state index contributed by atoms with van der Waals surface area (Å²) in [5, 5.41) is 11.5. The highest BCUT2D eigenvalue weighted by molar-refractivity contribution is 5.96. The van der Waals surface area contributed by atoms with Crippen molar-refractivity contribution in [2.45, 2.75) is 51.2 Å². The molecule has 0 fully saturated rings. The lowest BCUT2D eigenvalue weighted by molar-refractivity contribution is -0.139. The zero-order chi connectivity index (χ0) is 17.5. The van der Waals surface area contributed by atoms with Crippen molar-refractivity contribution in [1.82, 2.24) is 5.32 Å². The first-order valence-electron chi connectivity index (χ1n) is 7.46. The van der Waals surface area contributed by atoms with Crippen LogP contribution >= 0.6 is 0 Å². The Morgan fingerprint density at radius 3 is 2.22 bits per heavy atom. The molecule has 4 nitrogen and oxygen atoms in total. The highest BCUT2D eigenvalue weighted by Crippen LogP contribution is 2.29. The number of hydrogen-bond acceptors (Lipinski definition) is 2. The molecule has 7 heteroatoms. The van der Waals surface area contributed by atoms with Gasteiger partial charge in [0.05, 0.1) is 5.56 Å². The monoisotopic (exact) mass is 331 g/mol. The first kappa shape index (κ1) is 19.0. The van der Waals surface area contributed by atoms with Crippen molar-refractivity contribution >= 4 is 11.9 Å². The number of benzene rings is 1. The van der Waals surface area contributed by atoms with Crippen LogP contribution in [-0.4, -0.2) is 23.0 Å². The average molecular weight is 331 g/mol. The fourth-order valence-corrected chi connectivity index (χ4v) is 2.08. The highest BCUT2D eigenvalue weighted by atomic mass is 19.4. The Kier molecular flexibility index (Phi) is 7.06. The number of halogens is 3. The maximum atomic E-state index is 12.5. The second-order valence-corrected chi connectivity index (χ2v) is 5.29. The van der Waals surface area contributed by atoms with E-state index in [-0.39, 0.29) is 5.56 Å². The Bertz CT molecular complexity index is 526. The number of carboxylic acid groups (broad SMARTS) is 1. The van der Waals surface area contributed by atoms with Crippen LogP contribution < -0.4 is 5.32 Å². The van der Waals surface area contributed by atoms with Crippen molar-refractivity contribution in [3.8, 4) is 0 Å². The zero-order valence-corrected chi connectivity index (χ0v) is 12.8. The summed E-state index contributed by atoms with van der Waals surface area (Å²) in [6.45, 7) is 2.03. The molecule has 23 heavy (non-hydrogen) atoms. The second-order valence-electron chi connectivity index (χ2n) is 5.29. The summed E-state index contributed by atoms with van der Waals surface area (Å²) >= 11 is 0. The fourth-order valence-electron chi connectivity index (χ4n) is 2.08. The number of carbonyl (C=O) groups excluding carboxylic acids is 1. The van der Waals surface area contributed by atoms with Gasteiger partial charge in [0.25, 0.3) is 5.91 Å². The lowest BCUT2D eigenvalue weighted by atomic mass is 10.1. The summed E-state index contributed by atoms with van der Waals surface area (Å²) in [6, 6.07) is 2.63. The molecular weight excluding hydrogens is 311 g/mol. The number of hydrogen-bond donors (Lipinski definition) is 2. The fraction of sp³-hybridized carbons (Fsp3) is 0.500. The molecular formula is C16H20F3NO3. The Labute approximate surface area is 132 Å². The van der Waals surface area contributed by atoms with E-state index < -0.39 is 29.7 Å². The SMILES string of the molecule is CCCCCC[C@@H](NC(=O)c1ccc(C(F)(F)F)cc1)C(=O)O. The van der Waals surface area contributed by atoms with Gasteiger partial charge in [0.2, 0.25) is 0 Å². The van der Waals surface area contributed by atoms with Crippen LogP contribution in [0, 0.1) is 0 Å². The van der Waals surface area contributed by atoms with E-state index in [9.17, 15) is 22.8 Å². The van der Waals surface area contributed by atoms with Gasteiger partial charge in [-0.3, -0.25) is 4.79 Å². The molecule has 0 aliphatic carbocycles. The number of nitrogens with one attached hydrogen (secondary N) is 1. The topological polar surface area (TPSA) is 66.4 Å². The zero-order valence-electron chi connectivity index (χ0n) is 12.8. The van der Waals surface area contributed by atoms with E-state index in [4.69, 9.17) is 5.11 Å². The van der Waals surface area contributed by atoms with Crippen LogP contribution in [0.5, 0.6) is 0 Å². The Balaban J connectivity index is 2.66. The number of amides is 1. The predicted octanol–water partition coefficient (Wildman–Crippen LogP) is 3.86. The van der Waals surface area contributed by atoms with Crippen molar-refractivity contribution < 1.29 is 27.9 Å². The molecule has 0 bridgehead atoms. The van der Waals surface area contributed by atoms with E-state index in [0.29, 0.717) is 12.8 Å². The van der Waals surface area contributed by atoms with E-state index in [1.165, 1.54) is 0 Å². The molecule has 2 N–H and O–H groups in total. The van der Waals surface area contributed by atoms with Crippen LogP contribution in [0.3, 0.4) is 0 Å². The molecule has 0 heterocycles. The summed E-state index contributed by atoms with van der Waals surface area (Å²) < 4.78 is 37.4. The average Bonchev–Trinajstić information content (AvgIpc) is 2.49. The van der Waals surface area contributed by atoms with Crippen LogP contribution in [0.4, 0.5) is 13.2 Å². The molecule has 0 aromatic heterocycles. The molecule has 1 aromatic carbocycles. The van der Waals surface area contributed by atoms with Gasteiger partial charge in [-0.05, 0) is 30.7 Å². The molecule has 1 atom stereocenters. The number of alkyl halides is 3. The molecule has 1 aromatic rings. The van der Waals surface area contributed by atoms with Gasteiger partial charge in [-0.15, -0.1) is 0 Å². The van der Waals surface area contributed by atoms with Gasteiger partial charge in [-0.2, -0.15) is 13.2 Å². The summed E-state index contributed by atoms with van der Waals surface area (Å²) in [5.74, 6) is -1.84. The van der Waals surface area contributed by atoms with Crippen LogP contribution in [0.2, 0.25) is 0 Å². The van der Waals surface area contributed by atoms with E-state index in [0.717, 1.165) is 43.5 Å². The van der Waals surface area contributed by atoms with Crippen LogP contribution in [0.1, 0.15) is 54.9 Å². The molecule has 1 amide bonds. The normalized spacial score (nSPS) is 12.7. The molecule has 0 saturated carbocycles. The maximum Gasteiger partial charge on any atom is 0.416 e.